The number of carbonyl (C=O) groups is 1. The number of nitrogens with one attached hydrogen (secondary N) is 1. The smallest absolute Gasteiger partial charge is 0.251 e. The number of nitrogens with two attached hydrogens (primary N) is 1. The maximum atomic E-state index is 11.9. The number of hydrogen-bond donors (Lipinski definition) is 2. The second-order valence-corrected chi connectivity index (χ2v) is 4.53. The van der Waals surface area contributed by atoms with Gasteiger partial charge in [0, 0.05) is 5.56 Å². The first-order valence-electron chi connectivity index (χ1n) is 5.33. The molecule has 84 valence electrons. The Morgan fingerprint density at radius 2 is 2.00 bits per heavy atom. The zero-order valence-electron chi connectivity index (χ0n) is 8.85. The van der Waals surface area contributed by atoms with Gasteiger partial charge in [-0.05, 0) is 30.9 Å². The monoisotopic (exact) mass is 234 g/mol. The number of amides is 1. The Morgan fingerprint density at radius 1 is 1.38 bits per heavy atom. The van der Waals surface area contributed by atoms with Crippen molar-refractivity contribution < 1.29 is 4.79 Å². The zero-order valence-corrected chi connectivity index (χ0v) is 9.67. The molecule has 1 amide bonds. The van der Waals surface area contributed by atoms with Crippen LogP contribution in [0.1, 0.15) is 23.2 Å². The van der Waals surface area contributed by atoms with Crippen LogP contribution in [0.3, 0.4) is 0 Å². The molecule has 1 aliphatic carbocycles. The van der Waals surface area contributed by atoms with Crippen molar-refractivity contribution in [3.63, 3.8) is 0 Å². The molecular formula is C12H14N2OS. The summed E-state index contributed by atoms with van der Waals surface area (Å²) in [6.45, 7) is 0. The molecule has 0 radical (unpaired) electrons. The van der Waals surface area contributed by atoms with Crippen LogP contribution in [0.4, 0.5) is 0 Å². The van der Waals surface area contributed by atoms with E-state index in [4.69, 9.17) is 18.0 Å². The summed E-state index contributed by atoms with van der Waals surface area (Å²) in [4.78, 5) is 12.2. The molecule has 1 aliphatic rings. The lowest BCUT2D eigenvalue weighted by molar-refractivity contribution is 0.0944. The topological polar surface area (TPSA) is 55.1 Å². The Bertz CT molecular complexity index is 401. The number of hydrogen-bond acceptors (Lipinski definition) is 2. The lowest BCUT2D eigenvalue weighted by atomic mass is 10.1. The highest BCUT2D eigenvalue weighted by Gasteiger charge is 2.34. The van der Waals surface area contributed by atoms with Gasteiger partial charge in [-0.25, -0.2) is 0 Å². The minimum Gasteiger partial charge on any atom is -0.392 e. The van der Waals surface area contributed by atoms with Crippen LogP contribution in [0.2, 0.25) is 0 Å². The average molecular weight is 234 g/mol. The van der Waals surface area contributed by atoms with Crippen molar-refractivity contribution in [2.24, 2.45) is 11.7 Å². The van der Waals surface area contributed by atoms with Gasteiger partial charge < -0.3 is 11.1 Å². The normalized spacial score (nSPS) is 16.5. The maximum Gasteiger partial charge on any atom is 0.251 e. The summed E-state index contributed by atoms with van der Waals surface area (Å²) in [5.41, 5.74) is 6.26. The molecule has 1 aromatic rings. The van der Waals surface area contributed by atoms with Gasteiger partial charge in [-0.3, -0.25) is 4.79 Å². The van der Waals surface area contributed by atoms with Crippen LogP contribution in [0, 0.1) is 5.92 Å². The van der Waals surface area contributed by atoms with Crippen LogP contribution < -0.4 is 11.1 Å². The van der Waals surface area contributed by atoms with Gasteiger partial charge in [0.05, 0.1) is 11.0 Å². The molecule has 3 N–H and O–H groups in total. The minimum absolute atomic E-state index is 0.106. The Morgan fingerprint density at radius 3 is 2.50 bits per heavy atom. The molecule has 0 unspecified atom stereocenters. The second kappa shape index (κ2) is 4.61. The Hall–Kier alpha value is -1.42. The van der Waals surface area contributed by atoms with Gasteiger partial charge in [-0.15, -0.1) is 0 Å². The third-order valence-electron chi connectivity index (χ3n) is 2.72. The van der Waals surface area contributed by atoms with Gasteiger partial charge in [0.15, 0.2) is 0 Å². The Labute approximate surface area is 100 Å². The molecule has 16 heavy (non-hydrogen) atoms. The predicted molar refractivity (Wildman–Crippen MR) is 67.2 cm³/mol. The fourth-order valence-corrected chi connectivity index (χ4v) is 1.92. The molecule has 0 spiro atoms. The zero-order chi connectivity index (χ0) is 11.5. The molecule has 0 heterocycles. The summed E-state index contributed by atoms with van der Waals surface area (Å²) in [6, 6.07) is 8.95. The molecule has 0 aromatic heterocycles. The van der Waals surface area contributed by atoms with Crippen molar-refractivity contribution in [1.82, 2.24) is 5.32 Å². The summed E-state index contributed by atoms with van der Waals surface area (Å²) in [7, 11) is 0. The van der Waals surface area contributed by atoms with Crippen molar-refractivity contribution in [2.45, 2.75) is 18.9 Å². The molecule has 4 heteroatoms. The summed E-state index contributed by atoms with van der Waals surface area (Å²) in [6.07, 6.45) is 2.19. The summed E-state index contributed by atoms with van der Waals surface area (Å²) >= 11 is 4.96. The molecule has 0 aliphatic heterocycles. The van der Waals surface area contributed by atoms with E-state index in [1.165, 1.54) is 0 Å². The van der Waals surface area contributed by atoms with Gasteiger partial charge in [-0.1, -0.05) is 30.4 Å². The summed E-state index contributed by atoms with van der Waals surface area (Å²) in [5.74, 6) is 0.329. The third-order valence-corrected chi connectivity index (χ3v) is 2.98. The maximum absolute atomic E-state index is 11.9. The van der Waals surface area contributed by atoms with Crippen molar-refractivity contribution in [1.29, 1.82) is 0 Å². The largest absolute Gasteiger partial charge is 0.392 e. The van der Waals surface area contributed by atoms with Gasteiger partial charge in [0.1, 0.15) is 0 Å². The molecule has 3 nitrogen and oxygen atoms in total. The Kier molecular flexibility index (Phi) is 3.19. The summed E-state index contributed by atoms with van der Waals surface area (Å²) < 4.78 is 0. The molecule has 1 aromatic carbocycles. The van der Waals surface area contributed by atoms with E-state index in [1.54, 1.807) is 12.1 Å². The molecule has 1 fully saturated rings. The standard InChI is InChI=1S/C12H14N2OS/c13-11(16)10(8-6-7-8)14-12(15)9-4-2-1-3-5-9/h1-5,8,10H,6-7H2,(H2,13,16)(H,14,15)/t10-/m0/s1. The van der Waals surface area contributed by atoms with Gasteiger partial charge in [0.25, 0.3) is 5.91 Å². The quantitative estimate of drug-likeness (QED) is 0.776. The van der Waals surface area contributed by atoms with E-state index in [0.29, 0.717) is 16.5 Å². The third kappa shape index (κ3) is 2.58. The van der Waals surface area contributed by atoms with Crippen molar-refractivity contribution in [3.8, 4) is 0 Å². The van der Waals surface area contributed by atoms with Crippen LogP contribution in [0.5, 0.6) is 0 Å². The minimum atomic E-state index is -0.150. The molecule has 1 saturated carbocycles. The van der Waals surface area contributed by atoms with E-state index in [-0.39, 0.29) is 11.9 Å². The number of carbonyl (C=O) groups excluding carboxylic acids is 1. The van der Waals surface area contributed by atoms with E-state index in [9.17, 15) is 4.79 Å². The van der Waals surface area contributed by atoms with Crippen molar-refractivity contribution in [3.05, 3.63) is 35.9 Å². The first kappa shape index (κ1) is 11.1. The van der Waals surface area contributed by atoms with Gasteiger partial charge in [0.2, 0.25) is 0 Å². The van der Waals surface area contributed by atoms with Crippen LogP contribution >= 0.6 is 12.2 Å². The highest BCUT2D eigenvalue weighted by molar-refractivity contribution is 7.80. The average Bonchev–Trinajstić information content (AvgIpc) is 3.10. The molecule has 0 saturated heterocycles. The number of benzene rings is 1. The van der Waals surface area contributed by atoms with Crippen LogP contribution in [0.15, 0.2) is 30.3 Å². The molecule has 1 atom stereocenters. The van der Waals surface area contributed by atoms with Crippen LogP contribution in [-0.4, -0.2) is 16.9 Å². The van der Waals surface area contributed by atoms with Gasteiger partial charge in [-0.2, -0.15) is 0 Å². The van der Waals surface area contributed by atoms with E-state index >= 15 is 0 Å². The van der Waals surface area contributed by atoms with E-state index in [1.807, 2.05) is 18.2 Å². The lowest BCUT2D eigenvalue weighted by Gasteiger charge is -2.16. The SMILES string of the molecule is NC(=S)[C@@H](NC(=O)c1ccccc1)C1CC1. The van der Waals surface area contributed by atoms with Crippen LogP contribution in [-0.2, 0) is 0 Å². The lowest BCUT2D eigenvalue weighted by Crippen LogP contribution is -2.45. The highest BCUT2D eigenvalue weighted by atomic mass is 32.1. The van der Waals surface area contributed by atoms with Crippen molar-refractivity contribution in [2.75, 3.05) is 0 Å². The van der Waals surface area contributed by atoms with E-state index < -0.39 is 0 Å². The second-order valence-electron chi connectivity index (χ2n) is 4.06. The number of thiocarbonyl (C=S) groups is 1. The number of rotatable bonds is 4. The first-order valence-corrected chi connectivity index (χ1v) is 5.74. The summed E-state index contributed by atoms with van der Waals surface area (Å²) in [5, 5.41) is 2.89. The van der Waals surface area contributed by atoms with Crippen molar-refractivity contribution >= 4 is 23.1 Å². The first-order chi connectivity index (χ1) is 7.68. The highest BCUT2D eigenvalue weighted by Crippen LogP contribution is 2.32. The van der Waals surface area contributed by atoms with E-state index in [2.05, 4.69) is 5.32 Å². The van der Waals surface area contributed by atoms with E-state index in [0.717, 1.165) is 12.8 Å². The fourth-order valence-electron chi connectivity index (χ4n) is 1.66. The fraction of sp³-hybridized carbons (Fsp3) is 0.333. The van der Waals surface area contributed by atoms with Gasteiger partial charge >= 0.3 is 0 Å². The van der Waals surface area contributed by atoms with Crippen LogP contribution in [0.25, 0.3) is 0 Å². The Balaban J connectivity index is 2.03. The predicted octanol–water partition coefficient (Wildman–Crippen LogP) is 1.48. The molecule has 2 rings (SSSR count). The molecular weight excluding hydrogens is 220 g/mol. The molecule has 0 bridgehead atoms.